The van der Waals surface area contributed by atoms with E-state index in [9.17, 15) is 22.4 Å². The number of nitrogens with one attached hydrogen (secondary N) is 2. The van der Waals surface area contributed by atoms with Crippen LogP contribution in [0.2, 0.25) is 0 Å². The van der Waals surface area contributed by atoms with Crippen LogP contribution in [-0.4, -0.2) is 43.3 Å². The minimum Gasteiger partial charge on any atom is -0.455 e. The predicted molar refractivity (Wildman–Crippen MR) is 116 cm³/mol. The zero-order valence-corrected chi connectivity index (χ0v) is 18.4. The third-order valence-corrected chi connectivity index (χ3v) is 6.80. The van der Waals surface area contributed by atoms with E-state index in [1.165, 1.54) is 46.8 Å². The molecular formula is C21H23FN4O5S. The lowest BCUT2D eigenvalue weighted by Crippen LogP contribution is -2.33. The van der Waals surface area contributed by atoms with Crippen molar-refractivity contribution >= 4 is 33.2 Å². The van der Waals surface area contributed by atoms with E-state index in [0.29, 0.717) is 5.75 Å². The Morgan fingerprint density at radius 2 is 1.84 bits per heavy atom. The molecule has 2 N–H and O–H groups in total. The first kappa shape index (κ1) is 23.4. The highest BCUT2D eigenvalue weighted by Crippen LogP contribution is 2.33. The van der Waals surface area contributed by atoms with Crippen LogP contribution in [0.15, 0.2) is 52.5 Å². The number of hydrogen-bond acceptors (Lipinski definition) is 6. The number of halogens is 1. The molecule has 0 aliphatic carbocycles. The van der Waals surface area contributed by atoms with Gasteiger partial charge in [-0.1, -0.05) is 13.8 Å². The molecule has 0 fully saturated rings. The van der Waals surface area contributed by atoms with E-state index < -0.39 is 21.7 Å². The van der Waals surface area contributed by atoms with Gasteiger partial charge < -0.3 is 10.1 Å². The molecule has 11 heteroatoms. The minimum absolute atomic E-state index is 0.0261. The van der Waals surface area contributed by atoms with E-state index in [1.54, 1.807) is 13.8 Å². The Morgan fingerprint density at radius 1 is 1.16 bits per heavy atom. The normalized spacial score (nSPS) is 14.0. The van der Waals surface area contributed by atoms with Gasteiger partial charge in [-0.15, -0.1) is 0 Å². The van der Waals surface area contributed by atoms with Gasteiger partial charge in [0.25, 0.3) is 5.91 Å². The first-order valence-electron chi connectivity index (χ1n) is 9.99. The molecule has 0 aromatic heterocycles. The molecule has 0 atom stereocenters. The van der Waals surface area contributed by atoms with Crippen molar-refractivity contribution in [1.82, 2.24) is 9.73 Å². The van der Waals surface area contributed by atoms with Crippen LogP contribution in [0.25, 0.3) is 0 Å². The van der Waals surface area contributed by atoms with E-state index in [0.717, 1.165) is 0 Å². The molecule has 9 nitrogen and oxygen atoms in total. The quantitative estimate of drug-likeness (QED) is 0.626. The second kappa shape index (κ2) is 9.88. The second-order valence-corrected chi connectivity index (χ2v) is 8.79. The monoisotopic (exact) mass is 462 g/mol. The number of hydrazone groups is 1. The molecule has 1 aliphatic rings. The summed E-state index contributed by atoms with van der Waals surface area (Å²) in [6.45, 7) is 4.02. The van der Waals surface area contributed by atoms with Crippen LogP contribution in [0.3, 0.4) is 0 Å². The molecule has 2 aromatic carbocycles. The van der Waals surface area contributed by atoms with Crippen molar-refractivity contribution in [3.8, 4) is 11.5 Å². The standard InChI is InChI=1S/C21H23FN4O5S/c1-3-26(4-2)32(29,30)16-9-11-19(31-15-7-5-14(22)6-8-15)18(13-16)23-21(28)17-10-12-20(27)25-24-17/h5-9,11,13H,3-4,10,12H2,1-2H3,(H,23,28)(H,25,27). The molecule has 2 amide bonds. The van der Waals surface area contributed by atoms with Gasteiger partial charge in [-0.2, -0.15) is 9.41 Å². The first-order chi connectivity index (χ1) is 15.2. The number of carbonyl (C=O) groups is 2. The first-order valence-corrected chi connectivity index (χ1v) is 11.4. The Morgan fingerprint density at radius 3 is 2.44 bits per heavy atom. The molecule has 170 valence electrons. The summed E-state index contributed by atoms with van der Waals surface area (Å²) in [5.41, 5.74) is 2.43. The van der Waals surface area contributed by atoms with Crippen LogP contribution in [-0.2, 0) is 19.6 Å². The fourth-order valence-corrected chi connectivity index (χ4v) is 4.52. The summed E-state index contributed by atoms with van der Waals surface area (Å²) in [5.74, 6) is -0.892. The largest absolute Gasteiger partial charge is 0.455 e. The van der Waals surface area contributed by atoms with E-state index in [-0.39, 0.29) is 53.9 Å². The average molecular weight is 463 g/mol. The number of hydrogen-bond donors (Lipinski definition) is 2. The van der Waals surface area contributed by atoms with Crippen molar-refractivity contribution in [2.75, 3.05) is 18.4 Å². The van der Waals surface area contributed by atoms with E-state index in [4.69, 9.17) is 4.74 Å². The van der Waals surface area contributed by atoms with Gasteiger partial charge in [0, 0.05) is 25.9 Å². The number of sulfonamides is 1. The summed E-state index contributed by atoms with van der Waals surface area (Å²) in [7, 11) is -3.80. The van der Waals surface area contributed by atoms with Gasteiger partial charge >= 0.3 is 0 Å². The smallest absolute Gasteiger partial charge is 0.271 e. The van der Waals surface area contributed by atoms with Gasteiger partial charge in [-0.25, -0.2) is 18.2 Å². The van der Waals surface area contributed by atoms with E-state index >= 15 is 0 Å². The topological polar surface area (TPSA) is 117 Å². The summed E-state index contributed by atoms with van der Waals surface area (Å²) < 4.78 is 46.1. The number of nitrogens with zero attached hydrogens (tertiary/aromatic N) is 2. The van der Waals surface area contributed by atoms with Crippen LogP contribution in [0.5, 0.6) is 11.5 Å². The highest BCUT2D eigenvalue weighted by atomic mass is 32.2. The van der Waals surface area contributed by atoms with E-state index in [1.807, 2.05) is 0 Å². The van der Waals surface area contributed by atoms with Crippen molar-refractivity contribution in [3.63, 3.8) is 0 Å². The molecule has 0 saturated heterocycles. The van der Waals surface area contributed by atoms with Crippen molar-refractivity contribution in [1.29, 1.82) is 0 Å². The predicted octanol–water partition coefficient (Wildman–Crippen LogP) is 2.85. The molecule has 0 spiro atoms. The Balaban J connectivity index is 1.98. The van der Waals surface area contributed by atoms with Crippen molar-refractivity contribution in [2.24, 2.45) is 5.10 Å². The lowest BCUT2D eigenvalue weighted by atomic mass is 10.1. The molecule has 0 saturated carbocycles. The van der Waals surface area contributed by atoms with Crippen LogP contribution in [0, 0.1) is 5.82 Å². The SMILES string of the molecule is CCN(CC)S(=O)(=O)c1ccc(Oc2ccc(F)cc2)c(NC(=O)C2=NNC(=O)CC2)c1. The summed E-state index contributed by atoms with van der Waals surface area (Å²) in [6, 6.07) is 9.33. The van der Waals surface area contributed by atoms with Gasteiger partial charge in [0.15, 0.2) is 5.75 Å². The van der Waals surface area contributed by atoms with Crippen molar-refractivity contribution < 1.29 is 27.1 Å². The molecule has 2 aromatic rings. The Kier molecular flexibility index (Phi) is 7.21. The molecule has 3 rings (SSSR count). The number of rotatable bonds is 8. The Bertz CT molecular complexity index is 1150. The van der Waals surface area contributed by atoms with Crippen LogP contribution < -0.4 is 15.5 Å². The maximum atomic E-state index is 13.2. The van der Waals surface area contributed by atoms with Gasteiger partial charge in [0.05, 0.1) is 10.6 Å². The van der Waals surface area contributed by atoms with Gasteiger partial charge in [0.1, 0.15) is 17.3 Å². The lowest BCUT2D eigenvalue weighted by Gasteiger charge is -2.20. The summed E-state index contributed by atoms with van der Waals surface area (Å²) in [6.07, 6.45) is 0.255. The lowest BCUT2D eigenvalue weighted by molar-refractivity contribution is -0.121. The second-order valence-electron chi connectivity index (χ2n) is 6.85. The van der Waals surface area contributed by atoms with Gasteiger partial charge in [-0.3, -0.25) is 9.59 Å². The van der Waals surface area contributed by atoms with Gasteiger partial charge in [-0.05, 0) is 42.5 Å². The van der Waals surface area contributed by atoms with Gasteiger partial charge in [0.2, 0.25) is 15.9 Å². The summed E-state index contributed by atoms with van der Waals surface area (Å²) >= 11 is 0. The zero-order valence-electron chi connectivity index (χ0n) is 17.6. The fourth-order valence-electron chi connectivity index (χ4n) is 3.03. The van der Waals surface area contributed by atoms with E-state index in [2.05, 4.69) is 15.8 Å². The number of carbonyl (C=O) groups excluding carboxylic acids is 2. The van der Waals surface area contributed by atoms with Crippen LogP contribution in [0.4, 0.5) is 10.1 Å². The van der Waals surface area contributed by atoms with Crippen molar-refractivity contribution in [3.05, 3.63) is 48.3 Å². The minimum atomic E-state index is -3.80. The van der Waals surface area contributed by atoms with Crippen molar-refractivity contribution in [2.45, 2.75) is 31.6 Å². The zero-order chi connectivity index (χ0) is 23.3. The van der Waals surface area contributed by atoms with Crippen LogP contribution in [0.1, 0.15) is 26.7 Å². The Labute approximate surface area is 185 Å². The molecule has 0 bridgehead atoms. The summed E-state index contributed by atoms with van der Waals surface area (Å²) in [5, 5.41) is 6.36. The summed E-state index contributed by atoms with van der Waals surface area (Å²) in [4.78, 5) is 23.9. The third-order valence-electron chi connectivity index (χ3n) is 4.75. The molecule has 0 unspecified atom stereocenters. The third kappa shape index (κ3) is 5.29. The molecule has 0 radical (unpaired) electrons. The number of amides is 2. The highest BCUT2D eigenvalue weighted by molar-refractivity contribution is 7.89. The molecule has 1 heterocycles. The Hall–Kier alpha value is -3.31. The van der Waals surface area contributed by atoms with Crippen LogP contribution >= 0.6 is 0 Å². The average Bonchev–Trinajstić information content (AvgIpc) is 2.77. The molecule has 1 aliphatic heterocycles. The maximum absolute atomic E-state index is 13.2. The number of benzene rings is 2. The molecule has 32 heavy (non-hydrogen) atoms. The fraction of sp³-hybridized carbons (Fsp3) is 0.286. The molecular weight excluding hydrogens is 439 g/mol. The highest BCUT2D eigenvalue weighted by Gasteiger charge is 2.25. The number of ether oxygens (including phenoxy) is 1. The maximum Gasteiger partial charge on any atom is 0.271 e. The number of anilines is 1.